The van der Waals surface area contributed by atoms with Crippen molar-refractivity contribution in [3.8, 4) is 0 Å². The molecule has 0 aliphatic carbocycles. The number of hydrogen-bond donors (Lipinski definition) is 0. The molecule has 1 aliphatic heterocycles. The molecule has 4 nitrogen and oxygen atoms in total. The van der Waals surface area contributed by atoms with E-state index < -0.39 is 0 Å². The van der Waals surface area contributed by atoms with Gasteiger partial charge in [-0.25, -0.2) is 4.79 Å². The van der Waals surface area contributed by atoms with E-state index in [2.05, 4.69) is 0 Å². The maximum absolute atomic E-state index is 11.5. The molecule has 1 aromatic carbocycles. The van der Waals surface area contributed by atoms with Crippen LogP contribution in [-0.4, -0.2) is 25.5 Å². The third-order valence-corrected chi connectivity index (χ3v) is 2.81. The third kappa shape index (κ3) is 1.56. The number of ether oxygens (including phenoxy) is 1. The van der Waals surface area contributed by atoms with Crippen LogP contribution in [0.2, 0.25) is 0 Å². The first-order chi connectivity index (χ1) is 7.65. The van der Waals surface area contributed by atoms with Crippen LogP contribution in [-0.2, 0) is 16.0 Å². The molecule has 2 rings (SSSR count). The number of esters is 1. The molecular formula is C12H13NO3. The molecule has 0 N–H and O–H groups in total. The highest BCUT2D eigenvalue weighted by atomic mass is 16.5. The van der Waals surface area contributed by atoms with E-state index in [0.29, 0.717) is 18.5 Å². The highest BCUT2D eigenvalue weighted by Gasteiger charge is 2.26. The topological polar surface area (TPSA) is 46.6 Å². The van der Waals surface area contributed by atoms with E-state index in [-0.39, 0.29) is 11.9 Å². The van der Waals surface area contributed by atoms with Gasteiger partial charge >= 0.3 is 5.97 Å². The first-order valence-corrected chi connectivity index (χ1v) is 5.13. The number of rotatable bonds is 1. The summed E-state index contributed by atoms with van der Waals surface area (Å²) in [4.78, 5) is 24.6. The Morgan fingerprint density at radius 1 is 1.38 bits per heavy atom. The van der Waals surface area contributed by atoms with Crippen molar-refractivity contribution in [2.75, 3.05) is 18.6 Å². The Bertz CT molecular complexity index is 454. The Kier molecular flexibility index (Phi) is 2.64. The highest BCUT2D eigenvalue weighted by molar-refractivity contribution is 5.98. The first kappa shape index (κ1) is 10.7. The van der Waals surface area contributed by atoms with Gasteiger partial charge in [0.1, 0.15) is 0 Å². The van der Waals surface area contributed by atoms with Gasteiger partial charge in [0.2, 0.25) is 5.91 Å². The van der Waals surface area contributed by atoms with Crippen LogP contribution in [0.4, 0.5) is 5.69 Å². The summed E-state index contributed by atoms with van der Waals surface area (Å²) in [5, 5.41) is 0. The van der Waals surface area contributed by atoms with Gasteiger partial charge in [-0.3, -0.25) is 4.79 Å². The lowest BCUT2D eigenvalue weighted by Crippen LogP contribution is -2.25. The Morgan fingerprint density at radius 3 is 2.75 bits per heavy atom. The number of anilines is 1. The monoisotopic (exact) mass is 219 g/mol. The molecule has 0 spiro atoms. The molecule has 0 bridgehead atoms. The second kappa shape index (κ2) is 3.96. The first-order valence-electron chi connectivity index (χ1n) is 5.13. The van der Waals surface area contributed by atoms with E-state index in [0.717, 1.165) is 11.3 Å². The summed E-state index contributed by atoms with van der Waals surface area (Å²) in [6, 6.07) is 5.36. The molecule has 0 radical (unpaired) electrons. The zero-order valence-electron chi connectivity index (χ0n) is 9.32. The Hall–Kier alpha value is -1.84. The molecule has 0 unspecified atom stereocenters. The van der Waals surface area contributed by atoms with Gasteiger partial charge in [0.25, 0.3) is 0 Å². The Balaban J connectivity index is 2.47. The molecule has 0 saturated heterocycles. The molecule has 0 atom stereocenters. The van der Waals surface area contributed by atoms with Crippen LogP contribution in [0.1, 0.15) is 22.8 Å². The van der Waals surface area contributed by atoms with Crippen molar-refractivity contribution in [3.05, 3.63) is 29.3 Å². The average molecular weight is 219 g/mol. The van der Waals surface area contributed by atoms with Gasteiger partial charge in [0, 0.05) is 19.2 Å². The molecule has 4 heteroatoms. The van der Waals surface area contributed by atoms with E-state index in [1.54, 1.807) is 17.0 Å². The predicted molar refractivity (Wildman–Crippen MR) is 59.5 cm³/mol. The maximum atomic E-state index is 11.5. The van der Waals surface area contributed by atoms with Gasteiger partial charge in [-0.15, -0.1) is 0 Å². The number of nitrogens with zero attached hydrogens (tertiary/aromatic N) is 1. The lowest BCUT2D eigenvalue weighted by Gasteiger charge is -2.14. The fourth-order valence-electron chi connectivity index (χ4n) is 2.06. The van der Waals surface area contributed by atoms with Crippen LogP contribution in [0.15, 0.2) is 18.2 Å². The minimum atomic E-state index is -0.345. The van der Waals surface area contributed by atoms with Crippen molar-refractivity contribution in [1.82, 2.24) is 0 Å². The SMILES string of the molecule is COC(=O)c1cccc2c1CCN2C(C)=O. The summed E-state index contributed by atoms with van der Waals surface area (Å²) in [5.74, 6) is -0.344. The number of amides is 1. The quantitative estimate of drug-likeness (QED) is 0.670. The number of carbonyl (C=O) groups is 2. The molecular weight excluding hydrogens is 206 g/mol. The van der Waals surface area contributed by atoms with Crippen molar-refractivity contribution < 1.29 is 14.3 Å². The van der Waals surface area contributed by atoms with E-state index in [4.69, 9.17) is 4.74 Å². The van der Waals surface area contributed by atoms with Gasteiger partial charge in [-0.05, 0) is 24.1 Å². The van der Waals surface area contributed by atoms with Crippen LogP contribution in [0, 0.1) is 0 Å². The smallest absolute Gasteiger partial charge is 0.338 e. The molecule has 0 aromatic heterocycles. The molecule has 1 amide bonds. The third-order valence-electron chi connectivity index (χ3n) is 2.81. The molecule has 16 heavy (non-hydrogen) atoms. The fraction of sp³-hybridized carbons (Fsp3) is 0.333. The number of hydrogen-bond acceptors (Lipinski definition) is 3. The largest absolute Gasteiger partial charge is 0.465 e. The number of benzene rings is 1. The van der Waals surface area contributed by atoms with Crippen LogP contribution in [0.25, 0.3) is 0 Å². The van der Waals surface area contributed by atoms with E-state index in [1.807, 2.05) is 6.07 Å². The molecule has 1 aromatic rings. The summed E-state index contributed by atoms with van der Waals surface area (Å²) >= 11 is 0. The summed E-state index contributed by atoms with van der Waals surface area (Å²) in [5.41, 5.74) is 2.30. The van der Waals surface area contributed by atoms with Crippen molar-refractivity contribution in [1.29, 1.82) is 0 Å². The summed E-state index contributed by atoms with van der Waals surface area (Å²) in [6.07, 6.45) is 0.709. The molecule has 84 valence electrons. The van der Waals surface area contributed by atoms with Gasteiger partial charge in [-0.1, -0.05) is 6.07 Å². The Labute approximate surface area is 93.8 Å². The average Bonchev–Trinajstić information content (AvgIpc) is 2.71. The maximum Gasteiger partial charge on any atom is 0.338 e. The normalized spacial score (nSPS) is 13.5. The van der Waals surface area contributed by atoms with Gasteiger partial charge in [0.05, 0.1) is 12.7 Å². The summed E-state index contributed by atoms with van der Waals surface area (Å²) < 4.78 is 4.71. The molecule has 0 fully saturated rings. The number of carbonyl (C=O) groups excluding carboxylic acids is 2. The van der Waals surface area contributed by atoms with Gasteiger partial charge < -0.3 is 9.64 Å². The number of fused-ring (bicyclic) bond motifs is 1. The minimum Gasteiger partial charge on any atom is -0.465 e. The summed E-state index contributed by atoms with van der Waals surface area (Å²) in [7, 11) is 1.36. The Morgan fingerprint density at radius 2 is 2.12 bits per heavy atom. The van der Waals surface area contributed by atoms with Crippen molar-refractivity contribution >= 4 is 17.6 Å². The van der Waals surface area contributed by atoms with E-state index in [1.165, 1.54) is 14.0 Å². The van der Waals surface area contributed by atoms with Crippen molar-refractivity contribution in [2.24, 2.45) is 0 Å². The minimum absolute atomic E-state index is 0.000709. The van der Waals surface area contributed by atoms with E-state index in [9.17, 15) is 9.59 Å². The van der Waals surface area contributed by atoms with E-state index >= 15 is 0 Å². The predicted octanol–water partition coefficient (Wildman–Crippen LogP) is 1.38. The zero-order chi connectivity index (χ0) is 11.7. The van der Waals surface area contributed by atoms with Gasteiger partial charge in [-0.2, -0.15) is 0 Å². The van der Waals surface area contributed by atoms with Gasteiger partial charge in [0.15, 0.2) is 0 Å². The second-order valence-corrected chi connectivity index (χ2v) is 3.72. The van der Waals surface area contributed by atoms with Crippen molar-refractivity contribution in [3.63, 3.8) is 0 Å². The van der Waals surface area contributed by atoms with Crippen molar-refractivity contribution in [2.45, 2.75) is 13.3 Å². The summed E-state index contributed by atoms with van der Waals surface area (Å²) in [6.45, 7) is 2.17. The fourth-order valence-corrected chi connectivity index (χ4v) is 2.06. The van der Waals surface area contributed by atoms with Crippen LogP contribution in [0.5, 0.6) is 0 Å². The molecule has 1 heterocycles. The second-order valence-electron chi connectivity index (χ2n) is 3.72. The lowest BCUT2D eigenvalue weighted by atomic mass is 10.1. The lowest BCUT2D eigenvalue weighted by molar-refractivity contribution is -0.116. The van der Waals surface area contributed by atoms with Crippen LogP contribution >= 0.6 is 0 Å². The molecule has 0 saturated carbocycles. The molecule has 1 aliphatic rings. The standard InChI is InChI=1S/C12H13NO3/c1-8(14)13-7-6-9-10(12(15)16-2)4-3-5-11(9)13/h3-5H,6-7H2,1-2H3. The highest BCUT2D eigenvalue weighted by Crippen LogP contribution is 2.30. The van der Waals surface area contributed by atoms with Crippen LogP contribution < -0.4 is 4.90 Å². The number of methoxy groups -OCH3 is 1. The van der Waals surface area contributed by atoms with Crippen LogP contribution in [0.3, 0.4) is 0 Å². The zero-order valence-corrected chi connectivity index (χ0v) is 9.32.